The van der Waals surface area contributed by atoms with E-state index in [1.54, 1.807) is 12.3 Å². The molecule has 2 aromatic rings. The number of hydrogen-bond donors (Lipinski definition) is 2. The Hall–Kier alpha value is -1.53. The largest absolute Gasteiger partial charge is 0.384 e. The van der Waals surface area contributed by atoms with Crippen molar-refractivity contribution in [2.75, 3.05) is 16.8 Å². The third kappa shape index (κ3) is 4.25. The molecule has 2 rings (SSSR count). The molecule has 20 heavy (non-hydrogen) atoms. The van der Waals surface area contributed by atoms with Gasteiger partial charge in [-0.05, 0) is 42.8 Å². The van der Waals surface area contributed by atoms with Crippen molar-refractivity contribution in [1.29, 1.82) is 0 Å². The van der Waals surface area contributed by atoms with E-state index in [1.807, 2.05) is 31.2 Å². The Morgan fingerprint density at radius 2 is 2.20 bits per heavy atom. The number of nitrogen functional groups attached to an aromatic ring is 1. The van der Waals surface area contributed by atoms with E-state index in [0.29, 0.717) is 11.6 Å². The van der Waals surface area contributed by atoms with Crippen LogP contribution in [0.3, 0.4) is 0 Å². The monoisotopic (exact) mass is 351 g/mol. The first kappa shape index (κ1) is 14.9. The number of rotatable bonds is 4. The quantitative estimate of drug-likeness (QED) is 0.827. The maximum Gasteiger partial charge on any atom is 0.234 e. The van der Waals surface area contributed by atoms with E-state index in [9.17, 15) is 4.79 Å². The second-order valence-electron chi connectivity index (χ2n) is 4.22. The zero-order valence-corrected chi connectivity index (χ0v) is 13.3. The summed E-state index contributed by atoms with van der Waals surface area (Å²) in [5, 5.41) is 2.87. The Morgan fingerprint density at radius 1 is 1.40 bits per heavy atom. The first-order chi connectivity index (χ1) is 9.54. The highest BCUT2D eigenvalue weighted by molar-refractivity contribution is 9.10. The van der Waals surface area contributed by atoms with Crippen LogP contribution in [0.5, 0.6) is 0 Å². The minimum absolute atomic E-state index is 0.0476. The smallest absolute Gasteiger partial charge is 0.234 e. The SMILES string of the molecule is Cc1cc(NC(=O)CSc2ccc(N)nc2)ccc1Br. The van der Waals surface area contributed by atoms with Gasteiger partial charge in [0.25, 0.3) is 0 Å². The van der Waals surface area contributed by atoms with Crippen LogP contribution in [0.1, 0.15) is 5.56 Å². The van der Waals surface area contributed by atoms with Crippen molar-refractivity contribution in [3.05, 3.63) is 46.6 Å². The number of nitrogens with one attached hydrogen (secondary N) is 1. The standard InChI is InChI=1S/C14H14BrN3OS/c1-9-6-10(2-4-12(9)15)18-14(19)8-20-11-3-5-13(16)17-7-11/h2-7H,8H2,1H3,(H2,16,17)(H,18,19). The van der Waals surface area contributed by atoms with Crippen LogP contribution in [-0.4, -0.2) is 16.6 Å². The zero-order valence-electron chi connectivity index (χ0n) is 10.9. The second kappa shape index (κ2) is 6.76. The molecule has 1 amide bonds. The summed E-state index contributed by atoms with van der Waals surface area (Å²) in [4.78, 5) is 16.8. The van der Waals surface area contributed by atoms with Crippen LogP contribution < -0.4 is 11.1 Å². The highest BCUT2D eigenvalue weighted by Gasteiger charge is 2.05. The van der Waals surface area contributed by atoms with Crippen LogP contribution in [0.25, 0.3) is 0 Å². The maximum atomic E-state index is 11.9. The Balaban J connectivity index is 1.89. The van der Waals surface area contributed by atoms with Gasteiger partial charge in [-0.15, -0.1) is 11.8 Å². The first-order valence-electron chi connectivity index (χ1n) is 5.95. The normalized spacial score (nSPS) is 10.3. The van der Waals surface area contributed by atoms with E-state index in [2.05, 4.69) is 26.2 Å². The fourth-order valence-electron chi connectivity index (χ4n) is 1.55. The number of hydrogen-bond acceptors (Lipinski definition) is 4. The molecule has 0 aliphatic heterocycles. The van der Waals surface area contributed by atoms with Crippen LogP contribution in [0, 0.1) is 6.92 Å². The number of carbonyl (C=O) groups excluding carboxylic acids is 1. The third-order valence-corrected chi connectivity index (χ3v) is 4.44. The van der Waals surface area contributed by atoms with Gasteiger partial charge in [-0.3, -0.25) is 4.79 Å². The molecule has 0 unspecified atom stereocenters. The molecule has 4 nitrogen and oxygen atoms in total. The van der Waals surface area contributed by atoms with Crippen LogP contribution in [0.2, 0.25) is 0 Å². The average molecular weight is 352 g/mol. The predicted molar refractivity (Wildman–Crippen MR) is 86.9 cm³/mol. The molecule has 0 aliphatic carbocycles. The molecule has 0 spiro atoms. The first-order valence-corrected chi connectivity index (χ1v) is 7.73. The third-order valence-electron chi connectivity index (χ3n) is 2.57. The van der Waals surface area contributed by atoms with Crippen molar-refractivity contribution in [2.24, 2.45) is 0 Å². The minimum atomic E-state index is -0.0476. The van der Waals surface area contributed by atoms with E-state index < -0.39 is 0 Å². The molecule has 0 aliphatic rings. The number of nitrogens with two attached hydrogens (primary N) is 1. The minimum Gasteiger partial charge on any atom is -0.384 e. The van der Waals surface area contributed by atoms with Crippen molar-refractivity contribution >= 4 is 45.1 Å². The molecule has 0 atom stereocenters. The number of carbonyl (C=O) groups is 1. The van der Waals surface area contributed by atoms with Crippen molar-refractivity contribution in [2.45, 2.75) is 11.8 Å². The van der Waals surface area contributed by atoms with Gasteiger partial charge >= 0.3 is 0 Å². The fourth-order valence-corrected chi connectivity index (χ4v) is 2.45. The Kier molecular flexibility index (Phi) is 5.03. The number of halogens is 1. The number of pyridine rings is 1. The van der Waals surface area contributed by atoms with E-state index in [4.69, 9.17) is 5.73 Å². The lowest BCUT2D eigenvalue weighted by molar-refractivity contribution is -0.113. The van der Waals surface area contributed by atoms with Gasteiger partial charge < -0.3 is 11.1 Å². The van der Waals surface area contributed by atoms with Crippen LogP contribution in [-0.2, 0) is 4.79 Å². The van der Waals surface area contributed by atoms with Gasteiger partial charge in [-0.25, -0.2) is 4.98 Å². The summed E-state index contributed by atoms with van der Waals surface area (Å²) >= 11 is 4.85. The van der Waals surface area contributed by atoms with E-state index in [0.717, 1.165) is 20.6 Å². The molecular weight excluding hydrogens is 338 g/mol. The second-order valence-corrected chi connectivity index (χ2v) is 6.12. The van der Waals surface area contributed by atoms with Crippen LogP contribution in [0.15, 0.2) is 45.9 Å². The van der Waals surface area contributed by atoms with E-state index >= 15 is 0 Å². The number of thioether (sulfide) groups is 1. The molecule has 6 heteroatoms. The molecule has 1 aromatic carbocycles. The molecule has 104 valence electrons. The topological polar surface area (TPSA) is 68.0 Å². The number of benzene rings is 1. The molecule has 1 heterocycles. The summed E-state index contributed by atoms with van der Waals surface area (Å²) in [6, 6.07) is 9.28. The van der Waals surface area contributed by atoms with Gasteiger partial charge in [-0.2, -0.15) is 0 Å². The maximum absolute atomic E-state index is 11.9. The molecule has 0 saturated heterocycles. The van der Waals surface area contributed by atoms with Gasteiger partial charge in [0.1, 0.15) is 5.82 Å². The fraction of sp³-hybridized carbons (Fsp3) is 0.143. The van der Waals surface area contributed by atoms with Crippen LogP contribution >= 0.6 is 27.7 Å². The van der Waals surface area contributed by atoms with E-state index in [1.165, 1.54) is 11.8 Å². The highest BCUT2D eigenvalue weighted by Crippen LogP contribution is 2.21. The number of nitrogens with zero attached hydrogens (tertiary/aromatic N) is 1. The van der Waals surface area contributed by atoms with Gasteiger partial charge in [-0.1, -0.05) is 15.9 Å². The lowest BCUT2D eigenvalue weighted by Crippen LogP contribution is -2.14. The molecule has 0 radical (unpaired) electrons. The molecule has 0 saturated carbocycles. The van der Waals surface area contributed by atoms with Gasteiger partial charge in [0.05, 0.1) is 5.75 Å². The Labute approximate surface area is 130 Å². The number of aromatic nitrogens is 1. The van der Waals surface area contributed by atoms with E-state index in [-0.39, 0.29) is 5.91 Å². The predicted octanol–water partition coefficient (Wildman–Crippen LogP) is 3.47. The summed E-state index contributed by atoms with van der Waals surface area (Å²) < 4.78 is 1.03. The zero-order chi connectivity index (χ0) is 14.5. The van der Waals surface area contributed by atoms with Gasteiger partial charge in [0.2, 0.25) is 5.91 Å². The van der Waals surface area contributed by atoms with Crippen molar-refractivity contribution in [3.8, 4) is 0 Å². The highest BCUT2D eigenvalue weighted by atomic mass is 79.9. The van der Waals surface area contributed by atoms with Gasteiger partial charge in [0, 0.05) is 21.3 Å². The van der Waals surface area contributed by atoms with Crippen LogP contribution in [0.4, 0.5) is 11.5 Å². The number of amides is 1. The average Bonchev–Trinajstić information content (AvgIpc) is 2.42. The molecule has 1 aromatic heterocycles. The molecular formula is C14H14BrN3OS. The summed E-state index contributed by atoms with van der Waals surface area (Å²) in [5.41, 5.74) is 7.39. The van der Waals surface area contributed by atoms with Gasteiger partial charge in [0.15, 0.2) is 0 Å². The lowest BCUT2D eigenvalue weighted by Gasteiger charge is -2.07. The number of anilines is 2. The summed E-state index contributed by atoms with van der Waals surface area (Å²) in [7, 11) is 0. The summed E-state index contributed by atoms with van der Waals surface area (Å²) in [6.45, 7) is 1.98. The number of aryl methyl sites for hydroxylation is 1. The molecule has 0 bridgehead atoms. The molecule has 0 fully saturated rings. The lowest BCUT2D eigenvalue weighted by atomic mass is 10.2. The Morgan fingerprint density at radius 3 is 2.85 bits per heavy atom. The van der Waals surface area contributed by atoms with Crippen molar-refractivity contribution < 1.29 is 4.79 Å². The summed E-state index contributed by atoms with van der Waals surface area (Å²) in [6.07, 6.45) is 1.66. The van der Waals surface area contributed by atoms with Crippen molar-refractivity contribution in [3.63, 3.8) is 0 Å². The van der Waals surface area contributed by atoms with Crippen molar-refractivity contribution in [1.82, 2.24) is 4.98 Å². The molecule has 3 N–H and O–H groups in total. The Bertz CT molecular complexity index is 616. The summed E-state index contributed by atoms with van der Waals surface area (Å²) in [5.74, 6) is 0.762.